The Bertz CT molecular complexity index is 525. The van der Waals surface area contributed by atoms with E-state index in [1.54, 1.807) is 19.6 Å². The summed E-state index contributed by atoms with van der Waals surface area (Å²) >= 11 is 3.52. The van der Waals surface area contributed by atoms with E-state index in [0.29, 0.717) is 0 Å². The van der Waals surface area contributed by atoms with Crippen molar-refractivity contribution in [2.24, 2.45) is 0 Å². The summed E-state index contributed by atoms with van der Waals surface area (Å²) in [5, 5.41) is 3.56. The molecule has 1 unspecified atom stereocenters. The van der Waals surface area contributed by atoms with Gasteiger partial charge in [-0.2, -0.15) is 0 Å². The van der Waals surface area contributed by atoms with Gasteiger partial charge in [0.15, 0.2) is 0 Å². The highest BCUT2D eigenvalue weighted by Crippen LogP contribution is 2.28. The molecule has 0 radical (unpaired) electrons. The standard InChI is InChI=1S/C16H20BrNO2/c1-3-7-18-15(12-6-8-20-11-12)10-13-9-14(17)4-5-16(13)19-2/h4-6,8-9,11,15,18H,3,7,10H2,1-2H3. The second kappa shape index (κ2) is 7.50. The van der Waals surface area contributed by atoms with E-state index >= 15 is 0 Å². The lowest BCUT2D eigenvalue weighted by molar-refractivity contribution is 0.405. The topological polar surface area (TPSA) is 34.4 Å². The number of hydrogen-bond acceptors (Lipinski definition) is 3. The molecule has 1 heterocycles. The molecule has 2 rings (SSSR count). The maximum Gasteiger partial charge on any atom is 0.122 e. The number of nitrogens with one attached hydrogen (secondary N) is 1. The third-order valence-corrected chi connectivity index (χ3v) is 3.75. The van der Waals surface area contributed by atoms with Crippen molar-refractivity contribution in [3.8, 4) is 5.75 Å². The van der Waals surface area contributed by atoms with E-state index in [1.807, 2.05) is 18.2 Å². The SMILES string of the molecule is CCCNC(Cc1cc(Br)ccc1OC)c1ccoc1. The van der Waals surface area contributed by atoms with Gasteiger partial charge in [0.05, 0.1) is 19.6 Å². The van der Waals surface area contributed by atoms with Crippen molar-refractivity contribution in [1.82, 2.24) is 5.32 Å². The van der Waals surface area contributed by atoms with Crippen LogP contribution >= 0.6 is 15.9 Å². The van der Waals surface area contributed by atoms with Crippen LogP contribution in [0, 0.1) is 0 Å². The minimum absolute atomic E-state index is 0.233. The third kappa shape index (κ3) is 3.87. The third-order valence-electron chi connectivity index (χ3n) is 3.25. The quantitative estimate of drug-likeness (QED) is 0.816. The lowest BCUT2D eigenvalue weighted by Gasteiger charge is -2.19. The van der Waals surface area contributed by atoms with Crippen LogP contribution < -0.4 is 10.1 Å². The predicted molar refractivity (Wildman–Crippen MR) is 84.1 cm³/mol. The number of furan rings is 1. The van der Waals surface area contributed by atoms with E-state index in [-0.39, 0.29) is 6.04 Å². The van der Waals surface area contributed by atoms with Gasteiger partial charge < -0.3 is 14.5 Å². The van der Waals surface area contributed by atoms with Crippen LogP contribution in [0.3, 0.4) is 0 Å². The Balaban J connectivity index is 2.21. The number of benzene rings is 1. The van der Waals surface area contributed by atoms with Crippen LogP contribution in [0.1, 0.15) is 30.5 Å². The first kappa shape index (κ1) is 15.1. The van der Waals surface area contributed by atoms with E-state index in [0.717, 1.165) is 29.6 Å². The van der Waals surface area contributed by atoms with Gasteiger partial charge in [0, 0.05) is 16.1 Å². The molecule has 20 heavy (non-hydrogen) atoms. The van der Waals surface area contributed by atoms with Crippen molar-refractivity contribution in [2.75, 3.05) is 13.7 Å². The van der Waals surface area contributed by atoms with Crippen LogP contribution in [0.4, 0.5) is 0 Å². The molecule has 0 saturated carbocycles. The highest BCUT2D eigenvalue weighted by atomic mass is 79.9. The fourth-order valence-corrected chi connectivity index (χ4v) is 2.63. The summed E-state index contributed by atoms with van der Waals surface area (Å²) in [5.41, 5.74) is 2.34. The minimum atomic E-state index is 0.233. The predicted octanol–water partition coefficient (Wildman–Crippen LogP) is 4.33. The van der Waals surface area contributed by atoms with Gasteiger partial charge >= 0.3 is 0 Å². The highest BCUT2D eigenvalue weighted by molar-refractivity contribution is 9.10. The van der Waals surface area contributed by atoms with Crippen LogP contribution in [0.2, 0.25) is 0 Å². The molecule has 2 aromatic rings. The Hall–Kier alpha value is -1.26. The van der Waals surface area contributed by atoms with E-state index < -0.39 is 0 Å². The van der Waals surface area contributed by atoms with E-state index in [1.165, 1.54) is 11.1 Å². The first-order chi connectivity index (χ1) is 9.74. The summed E-state index contributed by atoms with van der Waals surface area (Å²) < 4.78 is 11.7. The Morgan fingerprint density at radius 3 is 2.85 bits per heavy atom. The molecule has 1 atom stereocenters. The number of ether oxygens (including phenoxy) is 1. The molecule has 0 aliphatic rings. The fourth-order valence-electron chi connectivity index (χ4n) is 2.23. The van der Waals surface area contributed by atoms with Crippen LogP contribution in [0.25, 0.3) is 0 Å². The first-order valence-corrected chi connectivity index (χ1v) is 7.61. The zero-order valence-corrected chi connectivity index (χ0v) is 13.4. The molecule has 0 amide bonds. The Morgan fingerprint density at radius 1 is 1.35 bits per heavy atom. The molecule has 1 N–H and O–H groups in total. The van der Waals surface area contributed by atoms with Crippen LogP contribution in [0.15, 0.2) is 45.7 Å². The Labute approximate surface area is 128 Å². The highest BCUT2D eigenvalue weighted by Gasteiger charge is 2.15. The molecule has 0 spiro atoms. The zero-order chi connectivity index (χ0) is 14.4. The summed E-state index contributed by atoms with van der Waals surface area (Å²) in [5.74, 6) is 0.917. The Kier molecular flexibility index (Phi) is 5.68. The van der Waals surface area contributed by atoms with Crippen molar-refractivity contribution in [2.45, 2.75) is 25.8 Å². The van der Waals surface area contributed by atoms with Crippen LogP contribution in [-0.2, 0) is 6.42 Å². The van der Waals surface area contributed by atoms with Crippen molar-refractivity contribution >= 4 is 15.9 Å². The van der Waals surface area contributed by atoms with Crippen molar-refractivity contribution in [3.05, 3.63) is 52.4 Å². The van der Waals surface area contributed by atoms with Gasteiger partial charge in [-0.3, -0.25) is 0 Å². The lowest BCUT2D eigenvalue weighted by Crippen LogP contribution is -2.23. The molecule has 0 aliphatic carbocycles. The first-order valence-electron chi connectivity index (χ1n) is 6.82. The maximum absolute atomic E-state index is 5.45. The van der Waals surface area contributed by atoms with E-state index in [2.05, 4.69) is 34.2 Å². The minimum Gasteiger partial charge on any atom is -0.496 e. The molecule has 4 heteroatoms. The summed E-state index contributed by atoms with van der Waals surface area (Å²) in [4.78, 5) is 0. The molecule has 108 valence electrons. The van der Waals surface area contributed by atoms with Gasteiger partial charge in [-0.25, -0.2) is 0 Å². The van der Waals surface area contributed by atoms with E-state index in [4.69, 9.17) is 9.15 Å². The number of halogens is 1. The molecule has 0 fully saturated rings. The number of rotatable bonds is 7. The molecule has 0 aliphatic heterocycles. The van der Waals surface area contributed by atoms with Crippen molar-refractivity contribution in [1.29, 1.82) is 0 Å². The fraction of sp³-hybridized carbons (Fsp3) is 0.375. The van der Waals surface area contributed by atoms with Gasteiger partial charge in [0.25, 0.3) is 0 Å². The maximum atomic E-state index is 5.45. The largest absolute Gasteiger partial charge is 0.496 e. The molecule has 1 aromatic carbocycles. The van der Waals surface area contributed by atoms with Gasteiger partial charge in [0.1, 0.15) is 5.75 Å². The normalized spacial score (nSPS) is 12.3. The Morgan fingerprint density at radius 2 is 2.20 bits per heavy atom. The van der Waals surface area contributed by atoms with Gasteiger partial charge in [0.2, 0.25) is 0 Å². The second-order valence-electron chi connectivity index (χ2n) is 4.72. The second-order valence-corrected chi connectivity index (χ2v) is 5.64. The molecular weight excluding hydrogens is 318 g/mol. The average molecular weight is 338 g/mol. The molecular formula is C16H20BrNO2. The summed E-state index contributed by atoms with van der Waals surface area (Å²) in [7, 11) is 1.71. The number of hydrogen-bond donors (Lipinski definition) is 1. The number of methoxy groups -OCH3 is 1. The van der Waals surface area contributed by atoms with Gasteiger partial charge in [-0.05, 0) is 49.2 Å². The summed E-state index contributed by atoms with van der Waals surface area (Å²) in [6.45, 7) is 3.14. The van der Waals surface area contributed by atoms with Crippen molar-refractivity contribution in [3.63, 3.8) is 0 Å². The summed E-state index contributed by atoms with van der Waals surface area (Å²) in [6.07, 6.45) is 5.48. The molecule has 0 bridgehead atoms. The molecule has 1 aromatic heterocycles. The zero-order valence-electron chi connectivity index (χ0n) is 11.9. The van der Waals surface area contributed by atoms with Crippen LogP contribution in [0.5, 0.6) is 5.75 Å². The molecule has 0 saturated heterocycles. The molecule has 3 nitrogen and oxygen atoms in total. The van der Waals surface area contributed by atoms with Crippen LogP contribution in [-0.4, -0.2) is 13.7 Å². The van der Waals surface area contributed by atoms with Gasteiger partial charge in [-0.15, -0.1) is 0 Å². The van der Waals surface area contributed by atoms with E-state index in [9.17, 15) is 0 Å². The average Bonchev–Trinajstić information content (AvgIpc) is 2.97. The lowest BCUT2D eigenvalue weighted by atomic mass is 10.00. The monoisotopic (exact) mass is 337 g/mol. The summed E-state index contributed by atoms with van der Waals surface area (Å²) in [6, 6.07) is 8.34. The smallest absolute Gasteiger partial charge is 0.122 e. The van der Waals surface area contributed by atoms with Crippen molar-refractivity contribution < 1.29 is 9.15 Å². The van der Waals surface area contributed by atoms with Gasteiger partial charge in [-0.1, -0.05) is 22.9 Å².